The molecule has 0 aliphatic heterocycles. The molecule has 1 fully saturated rings. The van der Waals surface area contributed by atoms with E-state index in [1.165, 1.54) is 6.42 Å². The van der Waals surface area contributed by atoms with Crippen molar-refractivity contribution in [3.8, 4) is 17.3 Å². The van der Waals surface area contributed by atoms with Crippen LogP contribution >= 0.6 is 0 Å². The fraction of sp³-hybridized carbons (Fsp3) is 0.429. The first-order valence-electron chi connectivity index (χ1n) is 9.48. The second kappa shape index (κ2) is 7.22. The molecule has 7 nitrogen and oxygen atoms in total. The Morgan fingerprint density at radius 1 is 1.00 bits per heavy atom. The minimum absolute atomic E-state index is 0.527. The van der Waals surface area contributed by atoms with Crippen LogP contribution in [0.1, 0.15) is 48.0 Å². The molecule has 2 unspecified atom stereocenters. The fourth-order valence-electron chi connectivity index (χ4n) is 3.54. The van der Waals surface area contributed by atoms with E-state index in [9.17, 15) is 0 Å². The number of aryl methyl sites for hydroxylation is 2. The molecule has 2 heterocycles. The molecule has 146 valence electrons. The van der Waals surface area contributed by atoms with Crippen molar-refractivity contribution in [2.75, 3.05) is 14.2 Å². The van der Waals surface area contributed by atoms with E-state index in [1.807, 2.05) is 42.8 Å². The third-order valence-corrected chi connectivity index (χ3v) is 5.14. The van der Waals surface area contributed by atoms with Gasteiger partial charge in [-0.2, -0.15) is 4.68 Å². The van der Waals surface area contributed by atoms with Gasteiger partial charge >= 0.3 is 0 Å². The number of nitrogens with zero attached hydrogens (tertiary/aromatic N) is 5. The highest BCUT2D eigenvalue weighted by molar-refractivity contribution is 5.43. The molecule has 1 aliphatic carbocycles. The van der Waals surface area contributed by atoms with Crippen LogP contribution in [0.3, 0.4) is 0 Å². The molecule has 0 N–H and O–H groups in total. The van der Waals surface area contributed by atoms with Crippen LogP contribution in [0.15, 0.2) is 24.3 Å². The summed E-state index contributed by atoms with van der Waals surface area (Å²) in [5, 5.41) is 4.59. The van der Waals surface area contributed by atoms with Gasteiger partial charge < -0.3 is 9.47 Å². The van der Waals surface area contributed by atoms with E-state index in [4.69, 9.17) is 9.47 Å². The molecule has 0 radical (unpaired) electrons. The van der Waals surface area contributed by atoms with Gasteiger partial charge in [0.25, 0.3) is 0 Å². The molecule has 7 heteroatoms. The third kappa shape index (κ3) is 3.56. The highest BCUT2D eigenvalue weighted by Crippen LogP contribution is 2.46. The highest BCUT2D eigenvalue weighted by Gasteiger charge is 2.35. The van der Waals surface area contributed by atoms with Crippen LogP contribution < -0.4 is 9.47 Å². The summed E-state index contributed by atoms with van der Waals surface area (Å²) in [6.07, 6.45) is 1.80. The molecule has 0 spiro atoms. The summed E-state index contributed by atoms with van der Waals surface area (Å²) >= 11 is 0. The van der Waals surface area contributed by atoms with Crippen LogP contribution in [0.5, 0.6) is 11.5 Å². The lowest BCUT2D eigenvalue weighted by Crippen LogP contribution is -2.09. The van der Waals surface area contributed by atoms with Crippen molar-refractivity contribution >= 4 is 0 Å². The van der Waals surface area contributed by atoms with Gasteiger partial charge in [-0.15, -0.1) is 5.10 Å². The molecule has 4 rings (SSSR count). The van der Waals surface area contributed by atoms with Gasteiger partial charge in [0.1, 0.15) is 17.5 Å². The van der Waals surface area contributed by atoms with Crippen molar-refractivity contribution in [2.45, 2.75) is 39.5 Å². The van der Waals surface area contributed by atoms with E-state index in [0.29, 0.717) is 35.6 Å². The Morgan fingerprint density at radius 2 is 1.75 bits per heavy atom. The van der Waals surface area contributed by atoms with Gasteiger partial charge in [0, 0.05) is 24.1 Å². The minimum Gasteiger partial charge on any atom is -0.493 e. The smallest absolute Gasteiger partial charge is 0.161 e. The third-order valence-electron chi connectivity index (χ3n) is 5.14. The molecule has 28 heavy (non-hydrogen) atoms. The van der Waals surface area contributed by atoms with E-state index in [0.717, 1.165) is 28.7 Å². The highest BCUT2D eigenvalue weighted by atomic mass is 16.5. The Balaban J connectivity index is 1.69. The number of aromatic nitrogens is 5. The van der Waals surface area contributed by atoms with Gasteiger partial charge in [0.2, 0.25) is 0 Å². The van der Waals surface area contributed by atoms with Gasteiger partial charge in [-0.1, -0.05) is 13.0 Å². The summed E-state index contributed by atoms with van der Waals surface area (Å²) in [6.45, 7) is 6.08. The first-order valence-corrected chi connectivity index (χ1v) is 9.48. The molecule has 0 saturated heterocycles. The summed E-state index contributed by atoms with van der Waals surface area (Å²) < 4.78 is 12.6. The quantitative estimate of drug-likeness (QED) is 0.653. The lowest BCUT2D eigenvalue weighted by molar-refractivity contribution is 0.354. The normalized spacial score (nSPS) is 18.2. The summed E-state index contributed by atoms with van der Waals surface area (Å²) in [5.74, 6) is 5.70. The van der Waals surface area contributed by atoms with Crippen LogP contribution in [0.25, 0.3) is 5.82 Å². The van der Waals surface area contributed by atoms with Crippen molar-refractivity contribution in [3.05, 3.63) is 53.0 Å². The molecular weight excluding hydrogens is 354 g/mol. The fourth-order valence-corrected chi connectivity index (χ4v) is 3.54. The largest absolute Gasteiger partial charge is 0.493 e. The van der Waals surface area contributed by atoms with E-state index in [2.05, 4.69) is 27.0 Å². The number of rotatable bonds is 6. The van der Waals surface area contributed by atoms with Crippen molar-refractivity contribution in [1.82, 2.24) is 24.7 Å². The first-order chi connectivity index (χ1) is 13.5. The van der Waals surface area contributed by atoms with Crippen LogP contribution in [0.4, 0.5) is 0 Å². The Hall–Kier alpha value is -2.96. The lowest BCUT2D eigenvalue weighted by Gasteiger charge is -2.11. The Labute approximate surface area is 164 Å². The SMILES string of the molecule is COc1ccc(Cc2nc(C)nn2-c2cc(C3CC3C)nc(C)n2)cc1OC. The zero-order valence-electron chi connectivity index (χ0n) is 16.9. The van der Waals surface area contributed by atoms with Gasteiger partial charge in [0.05, 0.1) is 14.2 Å². The van der Waals surface area contributed by atoms with E-state index >= 15 is 0 Å². The minimum atomic E-state index is 0.527. The molecule has 1 saturated carbocycles. The Bertz CT molecular complexity index is 1010. The number of ether oxygens (including phenoxy) is 2. The second-order valence-electron chi connectivity index (χ2n) is 7.37. The number of hydrogen-bond donors (Lipinski definition) is 0. The van der Waals surface area contributed by atoms with Gasteiger partial charge in [-0.25, -0.2) is 15.0 Å². The maximum Gasteiger partial charge on any atom is 0.161 e. The van der Waals surface area contributed by atoms with Gasteiger partial charge in [-0.3, -0.25) is 0 Å². The zero-order chi connectivity index (χ0) is 19.8. The molecule has 1 aliphatic rings. The standard InChI is InChI=1S/C21H25N5O2/c1-12-8-16(12)17-11-21(23-13(2)22-17)26-20(24-14(3)25-26)10-15-6-7-18(27-4)19(9-15)28-5/h6-7,9,11-12,16H,8,10H2,1-5H3. The molecule has 1 aromatic carbocycles. The van der Waals surface area contributed by atoms with Crippen molar-refractivity contribution in [2.24, 2.45) is 5.92 Å². The maximum atomic E-state index is 5.42. The van der Waals surface area contributed by atoms with Crippen molar-refractivity contribution in [1.29, 1.82) is 0 Å². The molecule has 2 atom stereocenters. The predicted octanol–water partition coefficient (Wildman–Crippen LogP) is 3.41. The Kier molecular flexibility index (Phi) is 4.75. The molecule has 0 amide bonds. The van der Waals surface area contributed by atoms with E-state index in [1.54, 1.807) is 14.2 Å². The summed E-state index contributed by atoms with van der Waals surface area (Å²) in [7, 11) is 3.27. The molecular formula is C21H25N5O2. The second-order valence-corrected chi connectivity index (χ2v) is 7.37. The van der Waals surface area contributed by atoms with E-state index < -0.39 is 0 Å². The first kappa shape index (κ1) is 18.4. The Morgan fingerprint density at radius 3 is 2.43 bits per heavy atom. The monoisotopic (exact) mass is 379 g/mol. The molecule has 0 bridgehead atoms. The van der Waals surface area contributed by atoms with Crippen LogP contribution in [0, 0.1) is 19.8 Å². The number of methoxy groups -OCH3 is 2. The topological polar surface area (TPSA) is 75.0 Å². The lowest BCUT2D eigenvalue weighted by atomic mass is 10.1. The molecule has 2 aromatic heterocycles. The summed E-state index contributed by atoms with van der Waals surface area (Å²) in [6, 6.07) is 7.94. The van der Waals surface area contributed by atoms with E-state index in [-0.39, 0.29) is 0 Å². The van der Waals surface area contributed by atoms with Crippen LogP contribution in [-0.2, 0) is 6.42 Å². The van der Waals surface area contributed by atoms with Crippen LogP contribution in [0.2, 0.25) is 0 Å². The summed E-state index contributed by atoms with van der Waals surface area (Å²) in [5.41, 5.74) is 2.16. The average Bonchev–Trinajstić information content (AvgIpc) is 3.30. The van der Waals surface area contributed by atoms with Crippen molar-refractivity contribution in [3.63, 3.8) is 0 Å². The average molecular weight is 379 g/mol. The number of benzene rings is 1. The number of hydrogen-bond acceptors (Lipinski definition) is 6. The van der Waals surface area contributed by atoms with Gasteiger partial charge in [-0.05, 0) is 43.9 Å². The van der Waals surface area contributed by atoms with Gasteiger partial charge in [0.15, 0.2) is 17.3 Å². The predicted molar refractivity (Wildman–Crippen MR) is 105 cm³/mol. The van der Waals surface area contributed by atoms with Crippen molar-refractivity contribution < 1.29 is 9.47 Å². The van der Waals surface area contributed by atoms with Crippen LogP contribution in [-0.4, -0.2) is 39.0 Å². The maximum absolute atomic E-state index is 5.42. The summed E-state index contributed by atoms with van der Waals surface area (Å²) in [4.78, 5) is 13.9. The molecule has 3 aromatic rings. The zero-order valence-corrected chi connectivity index (χ0v) is 16.9.